The maximum absolute atomic E-state index is 13.7. The van der Waals surface area contributed by atoms with Crippen LogP contribution in [0.4, 0.5) is 18.9 Å². The molecule has 20 heavy (non-hydrogen) atoms. The molecule has 0 aliphatic rings. The lowest BCUT2D eigenvalue weighted by atomic mass is 10.2. The summed E-state index contributed by atoms with van der Waals surface area (Å²) in [5, 5.41) is 2.22. The van der Waals surface area contributed by atoms with E-state index in [0.717, 1.165) is 18.2 Å². The van der Waals surface area contributed by atoms with E-state index in [4.69, 9.17) is 4.74 Å². The molecule has 2 aromatic carbocycles. The van der Waals surface area contributed by atoms with Crippen LogP contribution in [-0.4, -0.2) is 13.0 Å². The molecule has 0 bridgehead atoms. The van der Waals surface area contributed by atoms with Crippen molar-refractivity contribution in [3.05, 3.63) is 59.4 Å². The summed E-state index contributed by atoms with van der Waals surface area (Å²) in [4.78, 5) is 11.8. The molecule has 0 radical (unpaired) electrons. The lowest BCUT2D eigenvalue weighted by molar-refractivity contribution is 0.102. The average molecular weight is 281 g/mol. The van der Waals surface area contributed by atoms with E-state index >= 15 is 0 Å². The molecular formula is C14H10F3NO2. The smallest absolute Gasteiger partial charge is 0.258 e. The minimum Gasteiger partial charge on any atom is -0.497 e. The summed E-state index contributed by atoms with van der Waals surface area (Å²) >= 11 is 0. The Bertz CT molecular complexity index is 639. The number of rotatable bonds is 3. The van der Waals surface area contributed by atoms with Crippen LogP contribution in [0.3, 0.4) is 0 Å². The van der Waals surface area contributed by atoms with Crippen LogP contribution in [0.25, 0.3) is 0 Å². The zero-order valence-electron chi connectivity index (χ0n) is 10.4. The van der Waals surface area contributed by atoms with E-state index in [2.05, 4.69) is 5.32 Å². The van der Waals surface area contributed by atoms with Crippen LogP contribution in [0.5, 0.6) is 5.75 Å². The number of halogens is 3. The molecule has 2 rings (SSSR count). The summed E-state index contributed by atoms with van der Waals surface area (Å²) in [5.74, 6) is -3.02. The van der Waals surface area contributed by atoms with Crippen LogP contribution in [0.15, 0.2) is 36.4 Å². The van der Waals surface area contributed by atoms with Gasteiger partial charge in [0.1, 0.15) is 23.2 Å². The number of nitrogens with one attached hydrogen (secondary N) is 1. The predicted molar refractivity (Wildman–Crippen MR) is 67.3 cm³/mol. The van der Waals surface area contributed by atoms with E-state index in [1.165, 1.54) is 19.2 Å². The summed E-state index contributed by atoms with van der Waals surface area (Å²) in [6.07, 6.45) is 0. The van der Waals surface area contributed by atoms with Crippen LogP contribution >= 0.6 is 0 Å². The predicted octanol–water partition coefficient (Wildman–Crippen LogP) is 3.36. The van der Waals surface area contributed by atoms with E-state index in [1.54, 1.807) is 0 Å². The van der Waals surface area contributed by atoms with Crippen molar-refractivity contribution in [2.24, 2.45) is 0 Å². The second-order valence-corrected chi connectivity index (χ2v) is 3.96. The minimum atomic E-state index is -0.837. The Balaban J connectivity index is 2.23. The maximum Gasteiger partial charge on any atom is 0.258 e. The van der Waals surface area contributed by atoms with Crippen LogP contribution < -0.4 is 10.1 Å². The molecular weight excluding hydrogens is 271 g/mol. The number of anilines is 1. The topological polar surface area (TPSA) is 38.3 Å². The van der Waals surface area contributed by atoms with E-state index in [1.807, 2.05) is 0 Å². The Morgan fingerprint density at radius 1 is 1.05 bits per heavy atom. The van der Waals surface area contributed by atoms with Crippen molar-refractivity contribution in [2.45, 2.75) is 0 Å². The lowest BCUT2D eigenvalue weighted by Crippen LogP contribution is -2.14. The third-order valence-corrected chi connectivity index (χ3v) is 2.54. The van der Waals surface area contributed by atoms with E-state index in [-0.39, 0.29) is 17.0 Å². The standard InChI is InChI=1S/C14H10F3NO2/c1-20-11-2-3-12(13(17)7-11)14(19)18-10-5-8(15)4-9(16)6-10/h2-7H,1H3,(H,18,19). The third-order valence-electron chi connectivity index (χ3n) is 2.54. The number of hydrogen-bond acceptors (Lipinski definition) is 2. The number of ether oxygens (including phenoxy) is 1. The summed E-state index contributed by atoms with van der Waals surface area (Å²) in [6, 6.07) is 6.21. The van der Waals surface area contributed by atoms with Crippen molar-refractivity contribution in [3.8, 4) is 5.75 Å². The van der Waals surface area contributed by atoms with Crippen molar-refractivity contribution < 1.29 is 22.7 Å². The van der Waals surface area contributed by atoms with E-state index in [0.29, 0.717) is 6.07 Å². The highest BCUT2D eigenvalue weighted by Gasteiger charge is 2.13. The molecule has 0 spiro atoms. The van der Waals surface area contributed by atoms with Gasteiger partial charge in [-0.1, -0.05) is 0 Å². The Morgan fingerprint density at radius 3 is 2.25 bits per heavy atom. The molecule has 2 aromatic rings. The average Bonchev–Trinajstić information content (AvgIpc) is 2.36. The third kappa shape index (κ3) is 3.09. The molecule has 0 aromatic heterocycles. The molecule has 0 saturated carbocycles. The Kier molecular flexibility index (Phi) is 3.93. The Labute approximate surface area is 113 Å². The first-order chi connectivity index (χ1) is 9.49. The molecule has 0 saturated heterocycles. The van der Waals surface area contributed by atoms with Crippen LogP contribution in [0.2, 0.25) is 0 Å². The molecule has 0 aliphatic heterocycles. The summed E-state index contributed by atoms with van der Waals surface area (Å²) in [6.45, 7) is 0. The number of hydrogen-bond donors (Lipinski definition) is 1. The number of benzene rings is 2. The van der Waals surface area contributed by atoms with Gasteiger partial charge in [-0.3, -0.25) is 4.79 Å². The zero-order chi connectivity index (χ0) is 14.7. The molecule has 1 amide bonds. The summed E-state index contributed by atoms with van der Waals surface area (Å²) in [5.41, 5.74) is -0.349. The van der Waals surface area contributed by atoms with Gasteiger partial charge in [0.15, 0.2) is 0 Å². The Morgan fingerprint density at radius 2 is 1.70 bits per heavy atom. The lowest BCUT2D eigenvalue weighted by Gasteiger charge is -2.07. The fourth-order valence-corrected chi connectivity index (χ4v) is 1.63. The number of carbonyl (C=O) groups is 1. The first kappa shape index (κ1) is 13.9. The van der Waals surface area contributed by atoms with Gasteiger partial charge in [0.2, 0.25) is 0 Å². The molecule has 3 nitrogen and oxygen atoms in total. The van der Waals surface area contributed by atoms with Crippen LogP contribution in [-0.2, 0) is 0 Å². The molecule has 104 valence electrons. The fourth-order valence-electron chi connectivity index (χ4n) is 1.63. The first-order valence-electron chi connectivity index (χ1n) is 5.60. The fraction of sp³-hybridized carbons (Fsp3) is 0.0714. The highest BCUT2D eigenvalue weighted by Crippen LogP contribution is 2.19. The van der Waals surface area contributed by atoms with E-state index < -0.39 is 23.4 Å². The zero-order valence-corrected chi connectivity index (χ0v) is 10.4. The van der Waals surface area contributed by atoms with E-state index in [9.17, 15) is 18.0 Å². The molecule has 0 aliphatic carbocycles. The highest BCUT2D eigenvalue weighted by atomic mass is 19.1. The summed E-state index contributed by atoms with van der Waals surface area (Å²) < 4.78 is 44.4. The minimum absolute atomic E-state index is 0.0947. The molecule has 1 N–H and O–H groups in total. The quantitative estimate of drug-likeness (QED) is 0.936. The number of methoxy groups -OCH3 is 1. The SMILES string of the molecule is COc1ccc(C(=O)Nc2cc(F)cc(F)c2)c(F)c1. The van der Waals surface area contributed by atoms with Gasteiger partial charge in [-0.15, -0.1) is 0 Å². The van der Waals surface area contributed by atoms with Gasteiger partial charge in [-0.25, -0.2) is 13.2 Å². The van der Waals surface area contributed by atoms with Crippen molar-refractivity contribution in [1.29, 1.82) is 0 Å². The molecule has 0 unspecified atom stereocenters. The highest BCUT2D eigenvalue weighted by molar-refractivity contribution is 6.04. The molecule has 0 atom stereocenters. The van der Waals surface area contributed by atoms with Gasteiger partial charge >= 0.3 is 0 Å². The number of amides is 1. The maximum atomic E-state index is 13.7. The van der Waals surface area contributed by atoms with Crippen LogP contribution in [0.1, 0.15) is 10.4 Å². The molecule has 0 heterocycles. The van der Waals surface area contributed by atoms with Crippen LogP contribution in [0, 0.1) is 17.5 Å². The van der Waals surface area contributed by atoms with Crippen molar-refractivity contribution in [1.82, 2.24) is 0 Å². The van der Waals surface area contributed by atoms with Gasteiger partial charge in [-0.05, 0) is 24.3 Å². The van der Waals surface area contributed by atoms with Gasteiger partial charge in [-0.2, -0.15) is 0 Å². The first-order valence-corrected chi connectivity index (χ1v) is 5.60. The summed E-state index contributed by atoms with van der Waals surface area (Å²) in [7, 11) is 1.37. The monoisotopic (exact) mass is 281 g/mol. The van der Waals surface area contributed by atoms with Gasteiger partial charge in [0.25, 0.3) is 5.91 Å². The van der Waals surface area contributed by atoms with Gasteiger partial charge in [0, 0.05) is 17.8 Å². The van der Waals surface area contributed by atoms with Gasteiger partial charge in [0.05, 0.1) is 12.7 Å². The van der Waals surface area contributed by atoms with Crippen molar-refractivity contribution in [3.63, 3.8) is 0 Å². The molecule has 0 fully saturated rings. The normalized spacial score (nSPS) is 10.2. The largest absolute Gasteiger partial charge is 0.497 e. The Hall–Kier alpha value is -2.50. The second kappa shape index (κ2) is 5.64. The van der Waals surface area contributed by atoms with Crippen molar-refractivity contribution in [2.75, 3.05) is 12.4 Å². The second-order valence-electron chi connectivity index (χ2n) is 3.96. The molecule has 6 heteroatoms. The number of carbonyl (C=O) groups excluding carboxylic acids is 1. The van der Waals surface area contributed by atoms with Crippen molar-refractivity contribution >= 4 is 11.6 Å². The van der Waals surface area contributed by atoms with Gasteiger partial charge < -0.3 is 10.1 Å².